The first-order chi connectivity index (χ1) is 14.0. The lowest BCUT2D eigenvalue weighted by Gasteiger charge is -2.07. The number of rotatable bonds is 6. The first kappa shape index (κ1) is 19.4. The molecule has 2 aromatic carbocycles. The average Bonchev–Trinajstić information content (AvgIpc) is 3.35. The monoisotopic (exact) mass is 422 g/mol. The summed E-state index contributed by atoms with van der Waals surface area (Å²) in [4.78, 5) is 10.1. The van der Waals surface area contributed by atoms with E-state index in [1.807, 2.05) is 29.6 Å². The molecule has 0 radical (unpaired) electrons. The third-order valence-electron chi connectivity index (χ3n) is 4.56. The Balaban J connectivity index is 1.58. The summed E-state index contributed by atoms with van der Waals surface area (Å²) in [6, 6.07) is 16.2. The number of thiazole rings is 2. The van der Waals surface area contributed by atoms with Gasteiger partial charge in [-0.3, -0.25) is 0 Å². The van der Waals surface area contributed by atoms with Gasteiger partial charge in [0.1, 0.15) is 21.5 Å². The van der Waals surface area contributed by atoms with E-state index in [2.05, 4.69) is 48.4 Å². The van der Waals surface area contributed by atoms with Gasteiger partial charge < -0.3 is 15.8 Å². The van der Waals surface area contributed by atoms with Crippen LogP contribution in [0.3, 0.4) is 0 Å². The second-order valence-electron chi connectivity index (χ2n) is 6.87. The molecule has 0 amide bonds. The normalized spacial score (nSPS) is 11.0. The number of aromatic nitrogens is 2. The van der Waals surface area contributed by atoms with Crippen molar-refractivity contribution in [3.63, 3.8) is 0 Å². The van der Waals surface area contributed by atoms with Gasteiger partial charge in [0.25, 0.3) is 0 Å². The van der Waals surface area contributed by atoms with E-state index in [9.17, 15) is 0 Å². The molecule has 0 fully saturated rings. The number of methoxy groups -OCH3 is 1. The minimum Gasteiger partial charge on any atom is -0.496 e. The van der Waals surface area contributed by atoms with E-state index in [0.29, 0.717) is 11.7 Å². The Morgan fingerprint density at radius 3 is 2.52 bits per heavy atom. The smallest absolute Gasteiger partial charge is 0.189 e. The van der Waals surface area contributed by atoms with E-state index in [-0.39, 0.29) is 0 Å². The zero-order chi connectivity index (χ0) is 20.4. The van der Waals surface area contributed by atoms with Crippen LogP contribution in [0.1, 0.15) is 25.3 Å². The van der Waals surface area contributed by atoms with Gasteiger partial charge in [-0.2, -0.15) is 0 Å². The number of benzene rings is 2. The summed E-state index contributed by atoms with van der Waals surface area (Å²) in [7, 11) is 1.67. The Morgan fingerprint density at radius 1 is 1.03 bits per heavy atom. The van der Waals surface area contributed by atoms with Gasteiger partial charge in [0.05, 0.1) is 12.8 Å². The van der Waals surface area contributed by atoms with Gasteiger partial charge in [-0.1, -0.05) is 49.4 Å². The Hall–Kier alpha value is -2.90. The fourth-order valence-corrected chi connectivity index (χ4v) is 4.80. The van der Waals surface area contributed by atoms with Crippen LogP contribution in [-0.2, 0) is 0 Å². The maximum absolute atomic E-state index is 6.20. The highest BCUT2D eigenvalue weighted by atomic mass is 32.1. The molecule has 0 aliphatic carbocycles. The molecule has 7 heteroatoms. The number of nitrogens with one attached hydrogen (secondary N) is 1. The van der Waals surface area contributed by atoms with Crippen LogP contribution in [0.15, 0.2) is 53.9 Å². The van der Waals surface area contributed by atoms with Crippen molar-refractivity contribution < 1.29 is 4.74 Å². The third kappa shape index (κ3) is 4.11. The Labute approximate surface area is 178 Å². The molecule has 29 heavy (non-hydrogen) atoms. The molecule has 148 valence electrons. The van der Waals surface area contributed by atoms with E-state index >= 15 is 0 Å². The van der Waals surface area contributed by atoms with Gasteiger partial charge in [-0.25, -0.2) is 9.97 Å². The topological polar surface area (TPSA) is 73.1 Å². The molecule has 2 heterocycles. The van der Waals surface area contributed by atoms with Crippen LogP contribution in [0.25, 0.3) is 21.1 Å². The summed E-state index contributed by atoms with van der Waals surface area (Å²) in [5, 5.41) is 6.96. The van der Waals surface area contributed by atoms with Gasteiger partial charge in [0, 0.05) is 16.6 Å². The number of ether oxygens (including phenoxy) is 1. The molecule has 0 unspecified atom stereocenters. The minimum absolute atomic E-state index is 0.484. The summed E-state index contributed by atoms with van der Waals surface area (Å²) in [6.07, 6.45) is 0. The molecule has 5 nitrogen and oxygen atoms in total. The highest BCUT2D eigenvalue weighted by molar-refractivity contribution is 7.23. The summed E-state index contributed by atoms with van der Waals surface area (Å²) < 4.78 is 5.45. The molecule has 0 aliphatic rings. The van der Waals surface area contributed by atoms with Gasteiger partial charge in [-0.15, -0.1) is 11.3 Å². The third-order valence-corrected chi connectivity index (χ3v) is 6.55. The summed E-state index contributed by atoms with van der Waals surface area (Å²) >= 11 is 3.06. The van der Waals surface area contributed by atoms with Crippen molar-refractivity contribution in [3.8, 4) is 26.9 Å². The van der Waals surface area contributed by atoms with Crippen molar-refractivity contribution in [2.24, 2.45) is 0 Å². The van der Waals surface area contributed by atoms with Gasteiger partial charge in [0.2, 0.25) is 0 Å². The summed E-state index contributed by atoms with van der Waals surface area (Å²) in [5.74, 6) is 1.79. The van der Waals surface area contributed by atoms with Crippen LogP contribution in [0, 0.1) is 0 Å². The largest absolute Gasteiger partial charge is 0.496 e. The molecule has 4 aromatic rings. The molecule has 4 rings (SSSR count). The standard InChI is InChI=1S/C22H22N4OS2/c1-13(2)14-8-10-15(11-9-14)24-22-26-20(23)19(29-22)21-25-17(12-28-21)16-6-4-5-7-18(16)27-3/h4-13H,23H2,1-3H3,(H,24,26). The Kier molecular flexibility index (Phi) is 5.51. The molecule has 0 aliphatic heterocycles. The van der Waals surface area contributed by atoms with Crippen molar-refractivity contribution in [2.45, 2.75) is 19.8 Å². The quantitative estimate of drug-likeness (QED) is 0.376. The Bertz CT molecular complexity index is 1120. The van der Waals surface area contributed by atoms with E-state index in [4.69, 9.17) is 15.5 Å². The number of para-hydroxylation sites is 1. The number of anilines is 3. The lowest BCUT2D eigenvalue weighted by molar-refractivity contribution is 0.416. The van der Waals surface area contributed by atoms with Gasteiger partial charge in [0.15, 0.2) is 5.13 Å². The zero-order valence-corrected chi connectivity index (χ0v) is 18.1. The van der Waals surface area contributed by atoms with Crippen LogP contribution in [-0.4, -0.2) is 17.1 Å². The zero-order valence-electron chi connectivity index (χ0n) is 16.5. The number of nitrogen functional groups attached to an aromatic ring is 1. The molecule has 0 atom stereocenters. The number of hydrogen-bond acceptors (Lipinski definition) is 7. The number of hydrogen-bond donors (Lipinski definition) is 2. The molecule has 0 saturated heterocycles. The van der Waals surface area contributed by atoms with E-state index < -0.39 is 0 Å². The predicted octanol–water partition coefficient (Wildman–Crippen LogP) is 6.39. The second kappa shape index (κ2) is 8.23. The fourth-order valence-electron chi connectivity index (χ4n) is 2.97. The number of nitrogens with zero attached hydrogens (tertiary/aromatic N) is 2. The SMILES string of the molecule is COc1ccccc1-c1csc(-c2sc(Nc3ccc(C(C)C)cc3)nc2N)n1. The molecular formula is C22H22N4OS2. The van der Waals surface area contributed by atoms with Crippen LogP contribution in [0.4, 0.5) is 16.6 Å². The van der Waals surface area contributed by atoms with Crippen molar-refractivity contribution >= 4 is 39.3 Å². The molecule has 0 bridgehead atoms. The maximum atomic E-state index is 6.20. The van der Waals surface area contributed by atoms with Crippen molar-refractivity contribution in [1.82, 2.24) is 9.97 Å². The minimum atomic E-state index is 0.484. The van der Waals surface area contributed by atoms with Crippen LogP contribution in [0.5, 0.6) is 5.75 Å². The van der Waals surface area contributed by atoms with Crippen molar-refractivity contribution in [3.05, 3.63) is 59.5 Å². The van der Waals surface area contributed by atoms with E-state index in [1.165, 1.54) is 16.9 Å². The van der Waals surface area contributed by atoms with E-state index in [0.717, 1.165) is 37.7 Å². The molecular weight excluding hydrogens is 400 g/mol. The fraction of sp³-hybridized carbons (Fsp3) is 0.182. The lowest BCUT2D eigenvalue weighted by atomic mass is 10.0. The first-order valence-electron chi connectivity index (χ1n) is 9.27. The predicted molar refractivity (Wildman–Crippen MR) is 123 cm³/mol. The highest BCUT2D eigenvalue weighted by Gasteiger charge is 2.16. The van der Waals surface area contributed by atoms with Crippen LogP contribution < -0.4 is 15.8 Å². The highest BCUT2D eigenvalue weighted by Crippen LogP contribution is 2.40. The lowest BCUT2D eigenvalue weighted by Crippen LogP contribution is -1.92. The second-order valence-corrected chi connectivity index (χ2v) is 8.73. The van der Waals surface area contributed by atoms with E-state index in [1.54, 1.807) is 18.4 Å². The van der Waals surface area contributed by atoms with Gasteiger partial charge in [-0.05, 0) is 35.7 Å². The van der Waals surface area contributed by atoms with Crippen LogP contribution >= 0.6 is 22.7 Å². The first-order valence-corrected chi connectivity index (χ1v) is 11.0. The molecule has 3 N–H and O–H groups in total. The average molecular weight is 423 g/mol. The number of nitrogens with two attached hydrogens (primary N) is 1. The van der Waals surface area contributed by atoms with Crippen molar-refractivity contribution in [2.75, 3.05) is 18.2 Å². The molecule has 2 aromatic heterocycles. The molecule has 0 spiro atoms. The van der Waals surface area contributed by atoms with Crippen molar-refractivity contribution in [1.29, 1.82) is 0 Å². The summed E-state index contributed by atoms with van der Waals surface area (Å²) in [6.45, 7) is 4.37. The van der Waals surface area contributed by atoms with Gasteiger partial charge >= 0.3 is 0 Å². The molecule has 0 saturated carbocycles. The Morgan fingerprint density at radius 2 is 1.79 bits per heavy atom. The van der Waals surface area contributed by atoms with Crippen LogP contribution in [0.2, 0.25) is 0 Å². The summed E-state index contributed by atoms with van der Waals surface area (Å²) in [5.41, 5.74) is 10.3. The maximum Gasteiger partial charge on any atom is 0.189 e.